The molecule has 4 aromatic carbocycles. The van der Waals surface area contributed by atoms with Crippen LogP contribution in [0.5, 0.6) is 0 Å². The first-order chi connectivity index (χ1) is 18.0. The quantitative estimate of drug-likeness (QED) is 0.324. The number of hydrogen-bond acceptors (Lipinski definition) is 3. The van der Waals surface area contributed by atoms with Crippen LogP contribution in [0.25, 0.3) is 21.8 Å². The highest BCUT2D eigenvalue weighted by atomic mass is 16.2. The van der Waals surface area contributed by atoms with Gasteiger partial charge in [-0.25, -0.2) is 4.98 Å². The number of nitrogens with zero attached hydrogens (tertiary/aromatic N) is 3. The fraction of sp³-hybridized carbons (Fsp3) is 0.194. The molecule has 1 N–H and O–H groups in total. The molecule has 0 radical (unpaired) electrons. The van der Waals surface area contributed by atoms with Crippen LogP contribution in [0.3, 0.4) is 0 Å². The van der Waals surface area contributed by atoms with Crippen molar-refractivity contribution in [1.82, 2.24) is 19.8 Å². The molecule has 5 rings (SSSR count). The van der Waals surface area contributed by atoms with Crippen molar-refractivity contribution >= 4 is 33.6 Å². The Bertz CT molecular complexity index is 1550. The van der Waals surface area contributed by atoms with E-state index in [-0.39, 0.29) is 17.9 Å². The summed E-state index contributed by atoms with van der Waals surface area (Å²) < 4.78 is 1.81. The summed E-state index contributed by atoms with van der Waals surface area (Å²) in [5, 5.41) is 5.00. The highest BCUT2D eigenvalue weighted by Gasteiger charge is 2.23. The van der Waals surface area contributed by atoms with Gasteiger partial charge < -0.3 is 14.8 Å². The van der Waals surface area contributed by atoms with Crippen molar-refractivity contribution in [1.29, 1.82) is 0 Å². The summed E-state index contributed by atoms with van der Waals surface area (Å²) in [6.45, 7) is 0.423. The van der Waals surface area contributed by atoms with E-state index in [1.807, 2.05) is 108 Å². The summed E-state index contributed by atoms with van der Waals surface area (Å²) in [5.74, 6) is 0.126. The van der Waals surface area contributed by atoms with E-state index >= 15 is 0 Å². The van der Waals surface area contributed by atoms with Crippen molar-refractivity contribution in [2.45, 2.75) is 18.9 Å². The Labute approximate surface area is 216 Å². The Kier molecular flexibility index (Phi) is 6.99. The van der Waals surface area contributed by atoms with Crippen LogP contribution in [-0.2, 0) is 13.5 Å². The zero-order valence-electron chi connectivity index (χ0n) is 21.1. The number of likely N-dealkylation sites (N-methyl/N-ethyl adjacent to an activating group) is 1. The smallest absolute Gasteiger partial charge is 0.287 e. The Morgan fingerprint density at radius 1 is 0.892 bits per heavy atom. The van der Waals surface area contributed by atoms with E-state index in [1.54, 1.807) is 0 Å². The molecular formula is C31H30N4O2. The molecule has 6 nitrogen and oxygen atoms in total. The predicted molar refractivity (Wildman–Crippen MR) is 148 cm³/mol. The van der Waals surface area contributed by atoms with Crippen LogP contribution in [0.4, 0.5) is 0 Å². The lowest BCUT2D eigenvalue weighted by molar-refractivity contribution is 0.0724. The number of hydrogen-bond donors (Lipinski definition) is 1. The summed E-state index contributed by atoms with van der Waals surface area (Å²) in [6.07, 6.45) is 1.30. The van der Waals surface area contributed by atoms with Gasteiger partial charge in [-0.1, -0.05) is 78.9 Å². The molecule has 1 atom stereocenters. The molecule has 37 heavy (non-hydrogen) atoms. The van der Waals surface area contributed by atoms with Crippen molar-refractivity contribution in [2.24, 2.45) is 7.05 Å². The lowest BCUT2D eigenvalue weighted by atomic mass is 9.99. The number of carbonyl (C=O) groups excluding carboxylic acids is 2. The number of fused-ring (bicyclic) bond motifs is 2. The van der Waals surface area contributed by atoms with Crippen molar-refractivity contribution in [3.63, 3.8) is 0 Å². The molecule has 0 saturated carbocycles. The summed E-state index contributed by atoms with van der Waals surface area (Å²) in [4.78, 5) is 33.0. The van der Waals surface area contributed by atoms with E-state index in [4.69, 9.17) is 0 Å². The van der Waals surface area contributed by atoms with Crippen molar-refractivity contribution in [3.8, 4) is 0 Å². The van der Waals surface area contributed by atoms with Gasteiger partial charge in [0.25, 0.3) is 11.8 Å². The first-order valence-corrected chi connectivity index (χ1v) is 12.5. The van der Waals surface area contributed by atoms with Gasteiger partial charge in [-0.15, -0.1) is 0 Å². The third-order valence-electron chi connectivity index (χ3n) is 6.96. The van der Waals surface area contributed by atoms with Gasteiger partial charge in [0.2, 0.25) is 0 Å². The number of para-hydroxylation sites is 2. The molecule has 2 amide bonds. The molecule has 5 aromatic rings. The standard InChI is InChI=1S/C31H30N4O2/c1-34(31(37)26-16-10-14-23-13-6-7-15-25(23)26)24(21-22-11-4-3-5-12-22)19-20-32-30(36)29-33-27-17-8-9-18-28(27)35(29)2/h3-18,24H,19-21H2,1-2H3,(H,32,36). The van der Waals surface area contributed by atoms with Crippen LogP contribution in [0.2, 0.25) is 0 Å². The lowest BCUT2D eigenvalue weighted by Crippen LogP contribution is -2.41. The van der Waals surface area contributed by atoms with Gasteiger partial charge in [0.1, 0.15) is 0 Å². The van der Waals surface area contributed by atoms with Gasteiger partial charge in [0.15, 0.2) is 5.82 Å². The van der Waals surface area contributed by atoms with Crippen molar-refractivity contribution in [3.05, 3.63) is 114 Å². The number of imidazole rings is 1. The molecule has 1 heterocycles. The average molecular weight is 491 g/mol. The Balaban J connectivity index is 1.34. The van der Waals surface area contributed by atoms with Crippen LogP contribution in [0.15, 0.2) is 97.1 Å². The van der Waals surface area contributed by atoms with E-state index in [0.717, 1.165) is 27.4 Å². The van der Waals surface area contributed by atoms with Gasteiger partial charge >= 0.3 is 0 Å². The minimum absolute atomic E-state index is 0.0283. The molecule has 186 valence electrons. The van der Waals surface area contributed by atoms with Crippen LogP contribution >= 0.6 is 0 Å². The number of aromatic nitrogens is 2. The zero-order chi connectivity index (χ0) is 25.8. The Morgan fingerprint density at radius 3 is 2.41 bits per heavy atom. The highest BCUT2D eigenvalue weighted by Crippen LogP contribution is 2.22. The largest absolute Gasteiger partial charge is 0.349 e. The van der Waals surface area contributed by atoms with Gasteiger partial charge in [-0.2, -0.15) is 0 Å². The molecule has 0 aliphatic carbocycles. The number of nitrogens with one attached hydrogen (secondary N) is 1. The molecule has 1 aromatic heterocycles. The number of rotatable bonds is 8. The molecular weight excluding hydrogens is 460 g/mol. The molecule has 0 aliphatic rings. The fourth-order valence-corrected chi connectivity index (χ4v) is 4.87. The Hall–Kier alpha value is -4.45. The maximum atomic E-state index is 13.7. The lowest BCUT2D eigenvalue weighted by Gasteiger charge is -2.29. The summed E-state index contributed by atoms with van der Waals surface area (Å²) in [7, 11) is 3.70. The topological polar surface area (TPSA) is 67.2 Å². The van der Waals surface area contributed by atoms with Crippen LogP contribution in [0.1, 0.15) is 33.0 Å². The summed E-state index contributed by atoms with van der Waals surface area (Å²) in [6, 6.07) is 31.5. The molecule has 0 fully saturated rings. The van der Waals surface area contributed by atoms with Crippen LogP contribution in [-0.4, -0.2) is 45.9 Å². The average Bonchev–Trinajstić information content (AvgIpc) is 3.28. The molecule has 0 spiro atoms. The first kappa shape index (κ1) is 24.3. The van der Waals surface area contributed by atoms with E-state index in [2.05, 4.69) is 22.4 Å². The normalized spacial score (nSPS) is 11.9. The second kappa shape index (κ2) is 10.7. The number of amides is 2. The number of benzene rings is 4. The highest BCUT2D eigenvalue weighted by molar-refractivity contribution is 6.07. The van der Waals surface area contributed by atoms with Crippen LogP contribution in [0, 0.1) is 0 Å². The maximum Gasteiger partial charge on any atom is 0.287 e. The first-order valence-electron chi connectivity index (χ1n) is 12.5. The second-order valence-electron chi connectivity index (χ2n) is 9.31. The molecule has 0 saturated heterocycles. The van der Waals surface area contributed by atoms with E-state index < -0.39 is 0 Å². The van der Waals surface area contributed by atoms with Gasteiger partial charge in [-0.05, 0) is 47.4 Å². The van der Waals surface area contributed by atoms with Crippen molar-refractivity contribution in [2.75, 3.05) is 13.6 Å². The number of aryl methyl sites for hydroxylation is 1. The third-order valence-corrected chi connectivity index (χ3v) is 6.96. The van der Waals surface area contributed by atoms with Crippen LogP contribution < -0.4 is 5.32 Å². The second-order valence-corrected chi connectivity index (χ2v) is 9.31. The van der Waals surface area contributed by atoms with Gasteiger partial charge in [0.05, 0.1) is 11.0 Å². The van der Waals surface area contributed by atoms with Crippen molar-refractivity contribution < 1.29 is 9.59 Å². The SMILES string of the molecule is CN(C(=O)c1cccc2ccccc12)C(CCNC(=O)c1nc2ccccc2n1C)Cc1ccccc1. The van der Waals surface area contributed by atoms with Gasteiger partial charge in [0, 0.05) is 32.2 Å². The van der Waals surface area contributed by atoms with E-state index in [1.165, 1.54) is 0 Å². The molecule has 0 bridgehead atoms. The fourth-order valence-electron chi connectivity index (χ4n) is 4.87. The van der Waals surface area contributed by atoms with E-state index in [0.29, 0.717) is 30.8 Å². The molecule has 1 unspecified atom stereocenters. The minimum Gasteiger partial charge on any atom is -0.349 e. The zero-order valence-corrected chi connectivity index (χ0v) is 21.1. The third kappa shape index (κ3) is 5.09. The summed E-state index contributed by atoms with van der Waals surface area (Å²) in [5.41, 5.74) is 3.53. The predicted octanol–water partition coefficient (Wildman–Crippen LogP) is 5.23. The maximum absolute atomic E-state index is 13.7. The van der Waals surface area contributed by atoms with E-state index in [9.17, 15) is 9.59 Å². The molecule has 0 aliphatic heterocycles. The molecule has 6 heteroatoms. The summed E-state index contributed by atoms with van der Waals surface area (Å²) >= 11 is 0. The van der Waals surface area contributed by atoms with Gasteiger partial charge in [-0.3, -0.25) is 9.59 Å². The minimum atomic E-state index is -0.222. The monoisotopic (exact) mass is 490 g/mol. The Morgan fingerprint density at radius 2 is 1.59 bits per heavy atom. The number of carbonyl (C=O) groups is 2.